The zero-order valence-corrected chi connectivity index (χ0v) is 14.4. The first-order chi connectivity index (χ1) is 13.0. The second-order valence-electron chi connectivity index (χ2n) is 5.67. The Labute approximate surface area is 157 Å². The summed E-state index contributed by atoms with van der Waals surface area (Å²) in [7, 11) is 0. The van der Waals surface area contributed by atoms with Crippen LogP contribution >= 0.6 is 11.6 Å². The summed E-state index contributed by atoms with van der Waals surface area (Å²) in [5.41, 5.74) is 0.618. The summed E-state index contributed by atoms with van der Waals surface area (Å²) in [5.74, 6) is -1.25. The Morgan fingerprint density at radius 2 is 1.78 bits per heavy atom. The molecule has 0 saturated carbocycles. The van der Waals surface area contributed by atoms with E-state index in [1.807, 2.05) is 0 Å². The topological polar surface area (TPSA) is 110 Å². The van der Waals surface area contributed by atoms with Gasteiger partial charge in [-0.3, -0.25) is 9.59 Å². The molecule has 136 valence electrons. The first-order valence-corrected chi connectivity index (χ1v) is 8.19. The number of aromatic nitrogens is 2. The molecule has 1 saturated heterocycles. The van der Waals surface area contributed by atoms with Crippen molar-refractivity contribution < 1.29 is 23.3 Å². The van der Waals surface area contributed by atoms with Crippen LogP contribution in [0.25, 0.3) is 11.4 Å². The molecule has 2 aromatic heterocycles. The molecule has 3 heterocycles. The molecule has 0 N–H and O–H groups in total. The van der Waals surface area contributed by atoms with E-state index >= 15 is 0 Å². The van der Waals surface area contributed by atoms with Gasteiger partial charge < -0.3 is 8.94 Å². The number of benzene rings is 1. The SMILES string of the molecule is O=C1C(=O)N(Cc2nc(-c3cccc(Cl)c3)no2)C(=O)N1Cc1ccco1. The second kappa shape index (κ2) is 6.69. The van der Waals surface area contributed by atoms with Gasteiger partial charge in [0.1, 0.15) is 12.3 Å². The Bertz CT molecular complexity index is 1030. The van der Waals surface area contributed by atoms with Crippen molar-refractivity contribution in [3.05, 3.63) is 59.3 Å². The number of imide groups is 2. The summed E-state index contributed by atoms with van der Waals surface area (Å²) in [6.07, 6.45) is 1.41. The van der Waals surface area contributed by atoms with E-state index in [4.69, 9.17) is 20.5 Å². The van der Waals surface area contributed by atoms with Crippen LogP contribution in [0.2, 0.25) is 5.02 Å². The summed E-state index contributed by atoms with van der Waals surface area (Å²) in [6, 6.07) is 9.26. The summed E-state index contributed by atoms with van der Waals surface area (Å²) >= 11 is 5.93. The molecule has 1 fully saturated rings. The molecular weight excluding hydrogens is 376 g/mol. The normalized spacial score (nSPS) is 14.5. The lowest BCUT2D eigenvalue weighted by atomic mass is 10.2. The van der Waals surface area contributed by atoms with E-state index in [1.165, 1.54) is 6.26 Å². The zero-order valence-electron chi connectivity index (χ0n) is 13.7. The Balaban J connectivity index is 1.52. The molecule has 1 aromatic carbocycles. The molecule has 0 bridgehead atoms. The Morgan fingerprint density at radius 1 is 1.00 bits per heavy atom. The third-order valence-corrected chi connectivity index (χ3v) is 4.11. The Morgan fingerprint density at radius 3 is 2.48 bits per heavy atom. The minimum atomic E-state index is -0.964. The molecule has 0 spiro atoms. The fourth-order valence-corrected chi connectivity index (χ4v) is 2.78. The van der Waals surface area contributed by atoms with Crippen LogP contribution in [0, 0.1) is 0 Å². The van der Waals surface area contributed by atoms with Crippen LogP contribution in [0.3, 0.4) is 0 Å². The molecule has 9 nitrogen and oxygen atoms in total. The highest BCUT2D eigenvalue weighted by Crippen LogP contribution is 2.22. The van der Waals surface area contributed by atoms with Crippen molar-refractivity contribution in [3.8, 4) is 11.4 Å². The highest BCUT2D eigenvalue weighted by atomic mass is 35.5. The lowest BCUT2D eigenvalue weighted by Gasteiger charge is -2.12. The van der Waals surface area contributed by atoms with Crippen molar-refractivity contribution in [1.82, 2.24) is 19.9 Å². The molecule has 0 aliphatic carbocycles. The third-order valence-electron chi connectivity index (χ3n) is 3.87. The Kier molecular flexibility index (Phi) is 4.21. The number of rotatable bonds is 5. The predicted octanol–water partition coefficient (Wildman–Crippen LogP) is 2.47. The van der Waals surface area contributed by atoms with Gasteiger partial charge in [0.05, 0.1) is 12.8 Å². The molecule has 0 unspecified atom stereocenters. The van der Waals surface area contributed by atoms with Crippen molar-refractivity contribution in [2.45, 2.75) is 13.1 Å². The minimum absolute atomic E-state index is 0.0133. The van der Waals surface area contributed by atoms with Gasteiger partial charge >= 0.3 is 17.8 Å². The molecule has 4 rings (SSSR count). The number of amides is 4. The largest absolute Gasteiger partial charge is 0.467 e. The van der Waals surface area contributed by atoms with E-state index in [9.17, 15) is 14.4 Å². The average Bonchev–Trinajstić information content (AvgIpc) is 3.37. The van der Waals surface area contributed by atoms with Crippen molar-refractivity contribution >= 4 is 29.4 Å². The molecule has 27 heavy (non-hydrogen) atoms. The summed E-state index contributed by atoms with van der Waals surface area (Å²) in [5, 5.41) is 4.31. The van der Waals surface area contributed by atoms with Gasteiger partial charge in [-0.1, -0.05) is 28.9 Å². The number of hydrogen-bond donors (Lipinski definition) is 0. The monoisotopic (exact) mass is 386 g/mol. The molecule has 10 heteroatoms. The number of carbonyl (C=O) groups is 3. The minimum Gasteiger partial charge on any atom is -0.467 e. The van der Waals surface area contributed by atoms with Gasteiger partial charge in [-0.2, -0.15) is 4.98 Å². The second-order valence-corrected chi connectivity index (χ2v) is 6.10. The fourth-order valence-electron chi connectivity index (χ4n) is 2.59. The summed E-state index contributed by atoms with van der Waals surface area (Å²) in [6.45, 7) is -0.448. The van der Waals surface area contributed by atoms with Crippen LogP contribution in [0.1, 0.15) is 11.7 Å². The van der Waals surface area contributed by atoms with Gasteiger partial charge in [-0.25, -0.2) is 14.6 Å². The van der Waals surface area contributed by atoms with Gasteiger partial charge in [0, 0.05) is 10.6 Å². The summed E-state index contributed by atoms with van der Waals surface area (Å²) < 4.78 is 10.2. The summed E-state index contributed by atoms with van der Waals surface area (Å²) in [4.78, 5) is 42.4. The first-order valence-electron chi connectivity index (χ1n) is 7.81. The quantitative estimate of drug-likeness (QED) is 0.489. The Hall–Kier alpha value is -3.46. The highest BCUT2D eigenvalue weighted by Gasteiger charge is 2.45. The van der Waals surface area contributed by atoms with Crippen molar-refractivity contribution in [3.63, 3.8) is 0 Å². The van der Waals surface area contributed by atoms with Crippen LogP contribution in [0.15, 0.2) is 51.6 Å². The number of furan rings is 1. The van der Waals surface area contributed by atoms with E-state index in [-0.39, 0.29) is 24.8 Å². The number of halogens is 1. The standard InChI is InChI=1S/C17H11ClN4O5/c18-11-4-1-3-10(7-11)14-19-13(27-20-14)9-22-16(24)15(23)21(17(22)25)8-12-5-2-6-26-12/h1-7H,8-9H2. The first kappa shape index (κ1) is 17.0. The molecule has 4 amide bonds. The van der Waals surface area contributed by atoms with Crippen molar-refractivity contribution in [1.29, 1.82) is 0 Å². The molecule has 0 atom stereocenters. The van der Waals surface area contributed by atoms with Gasteiger partial charge in [-0.05, 0) is 24.3 Å². The maximum absolute atomic E-state index is 12.4. The van der Waals surface area contributed by atoms with E-state index in [2.05, 4.69) is 10.1 Å². The van der Waals surface area contributed by atoms with E-state index < -0.39 is 17.8 Å². The molecular formula is C17H11ClN4O5. The van der Waals surface area contributed by atoms with Crippen LogP contribution in [0.5, 0.6) is 0 Å². The van der Waals surface area contributed by atoms with Gasteiger partial charge in [0.2, 0.25) is 11.7 Å². The van der Waals surface area contributed by atoms with Crippen LogP contribution in [-0.2, 0) is 22.7 Å². The lowest BCUT2D eigenvalue weighted by Crippen LogP contribution is -2.32. The number of hydrogen-bond acceptors (Lipinski definition) is 7. The van der Waals surface area contributed by atoms with Crippen molar-refractivity contribution in [2.24, 2.45) is 0 Å². The molecule has 3 aromatic rings. The van der Waals surface area contributed by atoms with Crippen molar-refractivity contribution in [2.75, 3.05) is 0 Å². The van der Waals surface area contributed by atoms with E-state index in [0.29, 0.717) is 16.3 Å². The van der Waals surface area contributed by atoms with Crippen LogP contribution in [0.4, 0.5) is 4.79 Å². The van der Waals surface area contributed by atoms with E-state index in [1.54, 1.807) is 36.4 Å². The van der Waals surface area contributed by atoms with Gasteiger partial charge in [0.25, 0.3) is 0 Å². The molecule has 1 aliphatic heterocycles. The number of nitrogens with zero attached hydrogens (tertiary/aromatic N) is 4. The van der Waals surface area contributed by atoms with Crippen LogP contribution in [-0.4, -0.2) is 37.8 Å². The third kappa shape index (κ3) is 3.20. The fraction of sp³-hybridized carbons (Fsp3) is 0.118. The molecule has 0 radical (unpaired) electrons. The number of urea groups is 1. The number of carbonyl (C=O) groups excluding carboxylic acids is 3. The smallest absolute Gasteiger partial charge is 0.335 e. The predicted molar refractivity (Wildman–Crippen MR) is 89.9 cm³/mol. The van der Waals surface area contributed by atoms with Crippen LogP contribution < -0.4 is 0 Å². The zero-order chi connectivity index (χ0) is 19.0. The maximum atomic E-state index is 12.4. The highest BCUT2D eigenvalue weighted by molar-refractivity contribution is 6.44. The van der Waals surface area contributed by atoms with Gasteiger partial charge in [-0.15, -0.1) is 0 Å². The lowest BCUT2D eigenvalue weighted by molar-refractivity contribution is -0.143. The van der Waals surface area contributed by atoms with E-state index in [0.717, 1.165) is 9.80 Å². The average molecular weight is 387 g/mol. The molecule has 1 aliphatic rings. The van der Waals surface area contributed by atoms with Gasteiger partial charge in [0.15, 0.2) is 0 Å². The maximum Gasteiger partial charge on any atom is 0.335 e.